The molecule has 4 N–H and O–H groups in total. The zero-order chi connectivity index (χ0) is 48.9. The first kappa shape index (κ1) is 63.9. The maximum absolute atomic E-state index is 12.9. The maximum Gasteiger partial charge on any atom is 0.397 e. The molecule has 0 amide bonds. The summed E-state index contributed by atoms with van der Waals surface area (Å²) in [7, 11) is -5.06. The molecule has 13 heteroatoms. The van der Waals surface area contributed by atoms with E-state index < -0.39 is 59.8 Å². The standard InChI is InChI=1S/C54H104O12S/c1-3-5-7-9-11-13-15-17-19-21-23-24-25-26-28-30-32-34-36-38-40-42-44-62-46-48(47-63-54-52(58)53(66-67(59,60)61)51(57)49(45-55)65-54)64-50(56)43-41-39-37-35-33-31-29-27-22-20-18-16-14-12-10-8-6-4-2/h20,22,48-49,51-55,57-58H,3-19,21,23-47H2,1-2H3,(H,59,60,61)/b22-20-. The fraction of sp³-hybridized carbons (Fsp3) is 0.944. The summed E-state index contributed by atoms with van der Waals surface area (Å²) < 4.78 is 59.4. The molecule has 0 radical (unpaired) electrons. The maximum atomic E-state index is 12.9. The molecule has 0 bridgehead atoms. The molecule has 67 heavy (non-hydrogen) atoms. The number of hydrogen-bond donors (Lipinski definition) is 4. The zero-order valence-electron chi connectivity index (χ0n) is 43.0. The monoisotopic (exact) mass is 977 g/mol. The Balaban J connectivity index is 2.30. The van der Waals surface area contributed by atoms with Gasteiger partial charge in [0.15, 0.2) is 6.29 Å². The summed E-state index contributed by atoms with van der Waals surface area (Å²) in [6.45, 7) is 4.05. The van der Waals surface area contributed by atoms with E-state index in [4.69, 9.17) is 18.9 Å². The van der Waals surface area contributed by atoms with E-state index >= 15 is 0 Å². The molecule has 1 heterocycles. The lowest BCUT2D eigenvalue weighted by molar-refractivity contribution is -0.301. The molecule has 6 atom stereocenters. The van der Waals surface area contributed by atoms with Crippen LogP contribution in [0.15, 0.2) is 12.2 Å². The van der Waals surface area contributed by atoms with Crippen molar-refractivity contribution in [3.8, 4) is 0 Å². The second-order valence-corrected chi connectivity index (χ2v) is 20.6. The Morgan fingerprint density at radius 2 is 0.940 bits per heavy atom. The Labute approximate surface area is 410 Å². The lowest BCUT2D eigenvalue weighted by Gasteiger charge is -2.41. The quantitative estimate of drug-likeness (QED) is 0.0197. The second kappa shape index (κ2) is 45.9. The summed E-state index contributed by atoms with van der Waals surface area (Å²) >= 11 is 0. The predicted molar refractivity (Wildman–Crippen MR) is 271 cm³/mol. The number of ether oxygens (including phenoxy) is 4. The third-order valence-electron chi connectivity index (χ3n) is 13.1. The number of esters is 1. The van der Waals surface area contributed by atoms with Gasteiger partial charge in [-0.25, -0.2) is 4.18 Å². The van der Waals surface area contributed by atoms with Crippen molar-refractivity contribution in [3.63, 3.8) is 0 Å². The summed E-state index contributed by atoms with van der Waals surface area (Å²) in [4.78, 5) is 12.9. The lowest BCUT2D eigenvalue weighted by atomic mass is 9.99. The first-order chi connectivity index (χ1) is 32.6. The Morgan fingerprint density at radius 3 is 1.34 bits per heavy atom. The summed E-state index contributed by atoms with van der Waals surface area (Å²) in [5.74, 6) is -0.397. The average Bonchev–Trinajstić information content (AvgIpc) is 3.30. The van der Waals surface area contributed by atoms with Crippen molar-refractivity contribution in [1.29, 1.82) is 0 Å². The molecule has 12 nitrogen and oxygen atoms in total. The fourth-order valence-electron chi connectivity index (χ4n) is 8.91. The van der Waals surface area contributed by atoms with E-state index in [1.165, 1.54) is 193 Å². The highest BCUT2D eigenvalue weighted by atomic mass is 32.3. The van der Waals surface area contributed by atoms with Crippen molar-refractivity contribution >= 4 is 16.4 Å². The molecule has 1 rings (SSSR count). The third kappa shape index (κ3) is 39.2. The summed E-state index contributed by atoms with van der Waals surface area (Å²) in [5, 5.41) is 30.8. The number of unbranched alkanes of at least 4 members (excludes halogenated alkanes) is 35. The Kier molecular flexibility index (Phi) is 43.8. The minimum absolute atomic E-state index is 0.0408. The Hall–Kier alpha value is -1.16. The van der Waals surface area contributed by atoms with Crippen LogP contribution in [0.3, 0.4) is 0 Å². The van der Waals surface area contributed by atoms with Gasteiger partial charge >= 0.3 is 16.4 Å². The van der Waals surface area contributed by atoms with Gasteiger partial charge in [0.05, 0.1) is 19.8 Å². The van der Waals surface area contributed by atoms with Crippen LogP contribution in [-0.4, -0.2) is 97.5 Å². The van der Waals surface area contributed by atoms with Crippen LogP contribution in [0.4, 0.5) is 0 Å². The van der Waals surface area contributed by atoms with Gasteiger partial charge in [-0.3, -0.25) is 9.35 Å². The van der Waals surface area contributed by atoms with Crippen LogP contribution in [0, 0.1) is 0 Å². The molecule has 6 unspecified atom stereocenters. The summed E-state index contributed by atoms with van der Waals surface area (Å²) in [5.41, 5.74) is 0. The van der Waals surface area contributed by atoms with Crippen molar-refractivity contribution in [3.05, 3.63) is 12.2 Å². The highest BCUT2D eigenvalue weighted by Gasteiger charge is 2.48. The van der Waals surface area contributed by atoms with E-state index in [1.54, 1.807) is 0 Å². The van der Waals surface area contributed by atoms with Crippen LogP contribution in [0.1, 0.15) is 264 Å². The van der Waals surface area contributed by atoms with Gasteiger partial charge in [0, 0.05) is 13.0 Å². The molecular formula is C54H104O12S. The molecule has 0 aromatic heterocycles. The molecule has 0 aliphatic carbocycles. The second-order valence-electron chi connectivity index (χ2n) is 19.5. The number of aliphatic hydroxyl groups is 3. The number of carbonyl (C=O) groups is 1. The van der Waals surface area contributed by atoms with Crippen LogP contribution < -0.4 is 0 Å². The van der Waals surface area contributed by atoms with E-state index in [9.17, 15) is 33.1 Å². The van der Waals surface area contributed by atoms with Gasteiger partial charge < -0.3 is 34.3 Å². The first-order valence-corrected chi connectivity index (χ1v) is 29.3. The van der Waals surface area contributed by atoms with E-state index in [0.717, 1.165) is 44.9 Å². The van der Waals surface area contributed by atoms with E-state index in [-0.39, 0.29) is 19.6 Å². The van der Waals surface area contributed by atoms with Crippen LogP contribution in [-0.2, 0) is 38.3 Å². The molecule has 1 fully saturated rings. The third-order valence-corrected chi connectivity index (χ3v) is 13.6. The Bertz CT molecular complexity index is 1220. The molecule has 0 spiro atoms. The highest BCUT2D eigenvalue weighted by Crippen LogP contribution is 2.26. The molecule has 0 aromatic rings. The lowest BCUT2D eigenvalue weighted by Crippen LogP contribution is -2.60. The number of rotatable bonds is 50. The van der Waals surface area contributed by atoms with Crippen LogP contribution in [0.2, 0.25) is 0 Å². The predicted octanol–water partition coefficient (Wildman–Crippen LogP) is 13.4. The van der Waals surface area contributed by atoms with Gasteiger partial charge in [-0.05, 0) is 38.5 Å². The van der Waals surface area contributed by atoms with E-state index in [2.05, 4.69) is 30.2 Å². The fourth-order valence-corrected chi connectivity index (χ4v) is 9.41. The molecule has 0 saturated carbocycles. The number of allylic oxidation sites excluding steroid dienone is 2. The molecule has 1 aliphatic heterocycles. The average molecular weight is 977 g/mol. The largest absolute Gasteiger partial charge is 0.457 e. The highest BCUT2D eigenvalue weighted by molar-refractivity contribution is 7.80. The van der Waals surface area contributed by atoms with Crippen LogP contribution >= 0.6 is 0 Å². The number of hydrogen-bond acceptors (Lipinski definition) is 11. The van der Waals surface area contributed by atoms with Gasteiger partial charge in [-0.15, -0.1) is 0 Å². The number of carbonyl (C=O) groups excluding carboxylic acids is 1. The molecule has 0 aromatic carbocycles. The van der Waals surface area contributed by atoms with Crippen LogP contribution in [0.5, 0.6) is 0 Å². The summed E-state index contributed by atoms with van der Waals surface area (Å²) in [6.07, 6.45) is 43.9. The van der Waals surface area contributed by atoms with Crippen molar-refractivity contribution < 1.29 is 56.2 Å². The minimum Gasteiger partial charge on any atom is -0.457 e. The normalized spacial score (nSPS) is 19.4. The van der Waals surface area contributed by atoms with Crippen molar-refractivity contribution in [1.82, 2.24) is 0 Å². The van der Waals surface area contributed by atoms with Crippen LogP contribution in [0.25, 0.3) is 0 Å². The molecule has 1 aliphatic rings. The van der Waals surface area contributed by atoms with Gasteiger partial charge in [-0.1, -0.05) is 231 Å². The Morgan fingerprint density at radius 1 is 0.552 bits per heavy atom. The van der Waals surface area contributed by atoms with E-state index in [0.29, 0.717) is 13.0 Å². The van der Waals surface area contributed by atoms with Gasteiger partial charge in [0.25, 0.3) is 0 Å². The van der Waals surface area contributed by atoms with Crippen molar-refractivity contribution in [2.24, 2.45) is 0 Å². The molecular weight excluding hydrogens is 873 g/mol. The minimum atomic E-state index is -5.06. The van der Waals surface area contributed by atoms with Gasteiger partial charge in [-0.2, -0.15) is 8.42 Å². The molecule has 398 valence electrons. The summed E-state index contributed by atoms with van der Waals surface area (Å²) in [6, 6.07) is 0. The van der Waals surface area contributed by atoms with Crippen molar-refractivity contribution in [2.75, 3.05) is 26.4 Å². The zero-order valence-corrected chi connectivity index (χ0v) is 43.8. The first-order valence-electron chi connectivity index (χ1n) is 27.9. The van der Waals surface area contributed by atoms with Crippen molar-refractivity contribution in [2.45, 2.75) is 301 Å². The van der Waals surface area contributed by atoms with Gasteiger partial charge in [0.1, 0.15) is 30.5 Å². The smallest absolute Gasteiger partial charge is 0.397 e. The molecule has 1 saturated heterocycles. The SMILES string of the molecule is CCCCCCCCC/C=C\CCCCCCCCCC(=O)OC(COCCCCCCCCCCCCCCCCCCCCCCCC)COC1OC(CO)C(O)C(OS(=O)(=O)O)C1O. The number of aliphatic hydroxyl groups excluding tert-OH is 3. The van der Waals surface area contributed by atoms with Gasteiger partial charge in [0.2, 0.25) is 0 Å². The topological polar surface area (TPSA) is 178 Å². The van der Waals surface area contributed by atoms with E-state index in [1.807, 2.05) is 0 Å².